The highest BCUT2D eigenvalue weighted by molar-refractivity contribution is 6.01. The van der Waals surface area contributed by atoms with Crippen molar-refractivity contribution in [3.63, 3.8) is 0 Å². The number of hydrogen-bond donors (Lipinski definition) is 2. The van der Waals surface area contributed by atoms with Crippen molar-refractivity contribution in [1.29, 1.82) is 0 Å². The standard InChI is InChI=1S/C23H21FN4O5/c24-20-9-16(28-12-18(32-23(28)30)11-25-22-7-8-31-27-22)5-6-19(20)14-1-3-15(4-2-14)21-10-17(13-29)33-26-21/h1-9,17-18,29H,10-13H2,(H,25,27). The van der Waals surface area contributed by atoms with Gasteiger partial charge in [0.1, 0.15) is 18.2 Å². The lowest BCUT2D eigenvalue weighted by atomic mass is 9.99. The number of amides is 1. The van der Waals surface area contributed by atoms with Gasteiger partial charge in [0, 0.05) is 18.1 Å². The van der Waals surface area contributed by atoms with Crippen molar-refractivity contribution in [2.75, 3.05) is 29.9 Å². The molecule has 2 aromatic carbocycles. The third-order valence-electron chi connectivity index (χ3n) is 5.55. The molecule has 5 rings (SSSR count). The SMILES string of the molecule is O=C1OC(CNc2ccon2)CN1c1ccc(-c2ccc(C3=NOC(CO)C3)cc2)c(F)c1. The van der Waals surface area contributed by atoms with Crippen molar-refractivity contribution in [1.82, 2.24) is 5.16 Å². The largest absolute Gasteiger partial charge is 0.442 e. The number of hydrogen-bond acceptors (Lipinski definition) is 8. The summed E-state index contributed by atoms with van der Waals surface area (Å²) in [6, 6.07) is 13.6. The maximum Gasteiger partial charge on any atom is 0.414 e. The number of oxime groups is 1. The first-order valence-electron chi connectivity index (χ1n) is 10.5. The number of anilines is 2. The van der Waals surface area contributed by atoms with E-state index in [0.29, 0.717) is 35.6 Å². The summed E-state index contributed by atoms with van der Waals surface area (Å²) in [7, 11) is 0. The lowest BCUT2D eigenvalue weighted by molar-refractivity contribution is 0.0390. The summed E-state index contributed by atoms with van der Waals surface area (Å²) in [5.41, 5.74) is 3.14. The second kappa shape index (κ2) is 8.91. The highest BCUT2D eigenvalue weighted by Gasteiger charge is 2.32. The number of cyclic esters (lactones) is 1. The van der Waals surface area contributed by atoms with Gasteiger partial charge >= 0.3 is 6.09 Å². The van der Waals surface area contributed by atoms with E-state index in [9.17, 15) is 14.3 Å². The molecule has 170 valence electrons. The fourth-order valence-corrected chi connectivity index (χ4v) is 3.81. The molecule has 2 atom stereocenters. The number of halogens is 1. The van der Waals surface area contributed by atoms with Gasteiger partial charge in [0.05, 0.1) is 31.1 Å². The highest BCUT2D eigenvalue weighted by atomic mass is 19.1. The van der Waals surface area contributed by atoms with Crippen LogP contribution >= 0.6 is 0 Å². The molecule has 2 unspecified atom stereocenters. The first-order valence-corrected chi connectivity index (χ1v) is 10.5. The Hall–Kier alpha value is -3.92. The maximum absolute atomic E-state index is 15.0. The molecule has 3 aromatic rings. The second-order valence-corrected chi connectivity index (χ2v) is 7.78. The first kappa shape index (κ1) is 21.0. The summed E-state index contributed by atoms with van der Waals surface area (Å²) in [5, 5.41) is 19.9. The third-order valence-corrected chi connectivity index (χ3v) is 5.55. The number of aromatic nitrogens is 1. The molecule has 1 amide bonds. The second-order valence-electron chi connectivity index (χ2n) is 7.78. The van der Waals surface area contributed by atoms with Crippen LogP contribution in [-0.4, -0.2) is 54.0 Å². The van der Waals surface area contributed by atoms with Gasteiger partial charge in [0.15, 0.2) is 11.9 Å². The molecule has 2 aliphatic heterocycles. The van der Waals surface area contributed by atoms with Crippen LogP contribution in [0.15, 0.2) is 64.5 Å². The van der Waals surface area contributed by atoms with Gasteiger partial charge in [-0.3, -0.25) is 4.90 Å². The van der Waals surface area contributed by atoms with E-state index < -0.39 is 18.0 Å². The Kier molecular flexibility index (Phi) is 5.66. The third kappa shape index (κ3) is 4.37. The van der Waals surface area contributed by atoms with Crippen molar-refractivity contribution in [3.8, 4) is 11.1 Å². The molecule has 0 bridgehead atoms. The molecule has 1 fully saturated rings. The number of carbonyl (C=O) groups excluding carboxylic acids is 1. The summed E-state index contributed by atoms with van der Waals surface area (Å²) in [4.78, 5) is 18.8. The molecule has 0 spiro atoms. The molecule has 0 radical (unpaired) electrons. The van der Waals surface area contributed by atoms with E-state index in [1.807, 2.05) is 12.1 Å². The zero-order chi connectivity index (χ0) is 22.8. The highest BCUT2D eigenvalue weighted by Crippen LogP contribution is 2.30. The van der Waals surface area contributed by atoms with Crippen molar-refractivity contribution in [2.45, 2.75) is 18.6 Å². The van der Waals surface area contributed by atoms with Crippen LogP contribution in [0.25, 0.3) is 11.1 Å². The lowest BCUT2D eigenvalue weighted by Gasteiger charge is -2.14. The van der Waals surface area contributed by atoms with Crippen LogP contribution in [0.2, 0.25) is 0 Å². The number of nitrogens with one attached hydrogen (secondary N) is 1. The molecule has 2 N–H and O–H groups in total. The van der Waals surface area contributed by atoms with Gasteiger partial charge in [-0.15, -0.1) is 0 Å². The van der Waals surface area contributed by atoms with Gasteiger partial charge in [0.2, 0.25) is 0 Å². The van der Waals surface area contributed by atoms with Crippen LogP contribution in [0, 0.1) is 5.82 Å². The van der Waals surface area contributed by atoms with Crippen LogP contribution in [0.1, 0.15) is 12.0 Å². The average Bonchev–Trinajstić information content (AvgIpc) is 3.59. The zero-order valence-electron chi connectivity index (χ0n) is 17.5. The van der Waals surface area contributed by atoms with Crippen molar-refractivity contribution < 1.29 is 28.4 Å². The van der Waals surface area contributed by atoms with Gasteiger partial charge in [-0.1, -0.05) is 34.6 Å². The predicted octanol–water partition coefficient (Wildman–Crippen LogP) is 3.40. The first-order chi connectivity index (χ1) is 16.1. The molecule has 2 aliphatic rings. The van der Waals surface area contributed by atoms with E-state index in [4.69, 9.17) is 14.1 Å². The summed E-state index contributed by atoms with van der Waals surface area (Å²) in [6.45, 7) is 0.555. The topological polar surface area (TPSA) is 109 Å². The molecular weight excluding hydrogens is 431 g/mol. The van der Waals surface area contributed by atoms with E-state index in [1.165, 1.54) is 17.2 Å². The van der Waals surface area contributed by atoms with Crippen LogP contribution in [0.5, 0.6) is 0 Å². The Balaban J connectivity index is 1.26. The fraction of sp³-hybridized carbons (Fsp3) is 0.261. The predicted molar refractivity (Wildman–Crippen MR) is 118 cm³/mol. The number of carbonyl (C=O) groups is 1. The average molecular weight is 452 g/mol. The number of benzene rings is 2. The minimum absolute atomic E-state index is 0.0912. The van der Waals surface area contributed by atoms with Crippen molar-refractivity contribution in [3.05, 3.63) is 66.2 Å². The summed E-state index contributed by atoms with van der Waals surface area (Å²) in [5.74, 6) is 0.103. The molecule has 0 saturated carbocycles. The van der Waals surface area contributed by atoms with Gasteiger partial charge in [-0.2, -0.15) is 0 Å². The van der Waals surface area contributed by atoms with Crippen molar-refractivity contribution in [2.24, 2.45) is 5.16 Å². The van der Waals surface area contributed by atoms with Gasteiger partial charge in [-0.05, 0) is 29.3 Å². The van der Waals surface area contributed by atoms with E-state index in [0.717, 1.165) is 11.3 Å². The van der Waals surface area contributed by atoms with Gasteiger partial charge in [0.25, 0.3) is 0 Å². The molecule has 3 heterocycles. The van der Waals surface area contributed by atoms with E-state index in [-0.39, 0.29) is 19.3 Å². The van der Waals surface area contributed by atoms with Crippen LogP contribution in [-0.2, 0) is 9.57 Å². The number of aliphatic hydroxyl groups excluding tert-OH is 1. The Morgan fingerprint density at radius 1 is 1.12 bits per heavy atom. The monoisotopic (exact) mass is 452 g/mol. The van der Waals surface area contributed by atoms with Crippen LogP contribution in [0.4, 0.5) is 20.7 Å². The van der Waals surface area contributed by atoms with Gasteiger partial charge in [-0.25, -0.2) is 9.18 Å². The minimum Gasteiger partial charge on any atom is -0.442 e. The van der Waals surface area contributed by atoms with E-state index >= 15 is 0 Å². The number of aliphatic hydroxyl groups is 1. The summed E-state index contributed by atoms with van der Waals surface area (Å²) >= 11 is 0. The Morgan fingerprint density at radius 3 is 2.64 bits per heavy atom. The molecule has 0 aliphatic carbocycles. The fourth-order valence-electron chi connectivity index (χ4n) is 3.81. The van der Waals surface area contributed by atoms with E-state index in [1.54, 1.807) is 30.3 Å². The molecular formula is C23H21FN4O5. The number of ether oxygens (including phenoxy) is 1. The van der Waals surface area contributed by atoms with E-state index in [2.05, 4.69) is 15.6 Å². The number of rotatable bonds is 7. The zero-order valence-corrected chi connectivity index (χ0v) is 17.5. The lowest BCUT2D eigenvalue weighted by Crippen LogP contribution is -2.27. The Bertz CT molecular complexity index is 1170. The molecule has 1 saturated heterocycles. The summed E-state index contributed by atoms with van der Waals surface area (Å²) < 4.78 is 25.1. The smallest absolute Gasteiger partial charge is 0.414 e. The number of nitrogens with zero attached hydrogens (tertiary/aromatic N) is 3. The molecule has 33 heavy (non-hydrogen) atoms. The maximum atomic E-state index is 15.0. The van der Waals surface area contributed by atoms with Crippen molar-refractivity contribution >= 4 is 23.3 Å². The molecule has 10 heteroatoms. The molecule has 9 nitrogen and oxygen atoms in total. The van der Waals surface area contributed by atoms with Crippen LogP contribution in [0.3, 0.4) is 0 Å². The van der Waals surface area contributed by atoms with Crippen LogP contribution < -0.4 is 10.2 Å². The van der Waals surface area contributed by atoms with Gasteiger partial charge < -0.3 is 24.5 Å². The summed E-state index contributed by atoms with van der Waals surface area (Å²) in [6.07, 6.45) is 0.716. The Labute approximate surface area is 188 Å². The quantitative estimate of drug-likeness (QED) is 0.565. The Morgan fingerprint density at radius 2 is 1.94 bits per heavy atom. The molecule has 1 aromatic heterocycles. The normalized spacial score (nSPS) is 19.9. The minimum atomic E-state index is -0.529.